The van der Waals surface area contributed by atoms with E-state index in [1.807, 2.05) is 26.2 Å². The third-order valence-corrected chi connectivity index (χ3v) is 2.43. The van der Waals surface area contributed by atoms with Gasteiger partial charge in [-0.15, -0.1) is 0 Å². The molecule has 16 heavy (non-hydrogen) atoms. The Morgan fingerprint density at radius 3 is 2.75 bits per heavy atom. The number of aromatic nitrogens is 2. The normalized spacial score (nSPS) is 15.4. The summed E-state index contributed by atoms with van der Waals surface area (Å²) in [5.74, 6) is 0.506. The summed E-state index contributed by atoms with van der Waals surface area (Å²) in [6, 6.07) is 1.98. The first-order chi connectivity index (χ1) is 7.39. The zero-order chi connectivity index (χ0) is 12.2. The summed E-state index contributed by atoms with van der Waals surface area (Å²) in [7, 11) is 1.90. The Bertz CT molecular complexity index is 318. The molecule has 1 atom stereocenters. The van der Waals surface area contributed by atoms with E-state index in [0.717, 1.165) is 12.1 Å². The van der Waals surface area contributed by atoms with Gasteiger partial charge in [0.2, 0.25) is 0 Å². The number of rotatable bonds is 6. The monoisotopic (exact) mass is 225 g/mol. The highest BCUT2D eigenvalue weighted by atomic mass is 16.3. The Hall–Kier alpha value is -0.870. The average molecular weight is 225 g/mol. The van der Waals surface area contributed by atoms with Crippen LogP contribution in [-0.2, 0) is 13.6 Å². The van der Waals surface area contributed by atoms with Gasteiger partial charge in [-0.1, -0.05) is 13.8 Å². The van der Waals surface area contributed by atoms with Gasteiger partial charge in [0.25, 0.3) is 0 Å². The fraction of sp³-hybridized carbons (Fsp3) is 0.750. The van der Waals surface area contributed by atoms with E-state index in [1.165, 1.54) is 0 Å². The minimum Gasteiger partial charge on any atom is -0.389 e. The van der Waals surface area contributed by atoms with Gasteiger partial charge in [0.15, 0.2) is 0 Å². The van der Waals surface area contributed by atoms with Crippen LogP contribution in [0.3, 0.4) is 0 Å². The zero-order valence-corrected chi connectivity index (χ0v) is 10.7. The predicted octanol–water partition coefficient (Wildman–Crippen LogP) is 1.31. The molecule has 0 bridgehead atoms. The predicted molar refractivity (Wildman–Crippen MR) is 65.0 cm³/mol. The second kappa shape index (κ2) is 5.46. The molecule has 1 aromatic rings. The molecule has 0 amide bonds. The van der Waals surface area contributed by atoms with Gasteiger partial charge in [-0.05, 0) is 25.3 Å². The van der Waals surface area contributed by atoms with Crippen molar-refractivity contribution < 1.29 is 5.11 Å². The van der Waals surface area contributed by atoms with Crippen molar-refractivity contribution in [2.45, 2.75) is 39.3 Å². The van der Waals surface area contributed by atoms with Crippen LogP contribution in [0, 0.1) is 5.92 Å². The second-order valence-electron chi connectivity index (χ2n) is 5.18. The standard InChI is InChI=1S/C12H23N3O/c1-10(2)7-12(3,16)9-13-8-11-5-6-15(4)14-11/h5-6,10,13,16H,7-9H2,1-4H3. The molecule has 1 aromatic heterocycles. The quantitative estimate of drug-likeness (QED) is 0.767. The lowest BCUT2D eigenvalue weighted by molar-refractivity contribution is 0.0382. The summed E-state index contributed by atoms with van der Waals surface area (Å²) in [4.78, 5) is 0. The molecule has 0 aromatic carbocycles. The minimum atomic E-state index is -0.636. The molecule has 0 saturated carbocycles. The summed E-state index contributed by atoms with van der Waals surface area (Å²) in [6.07, 6.45) is 2.73. The molecule has 0 aliphatic heterocycles. The molecular formula is C12H23N3O. The lowest BCUT2D eigenvalue weighted by atomic mass is 9.94. The van der Waals surface area contributed by atoms with Crippen molar-refractivity contribution in [2.75, 3.05) is 6.54 Å². The largest absolute Gasteiger partial charge is 0.389 e. The van der Waals surface area contributed by atoms with Crippen LogP contribution >= 0.6 is 0 Å². The SMILES string of the molecule is CC(C)CC(C)(O)CNCc1ccn(C)n1. The van der Waals surface area contributed by atoms with Crippen molar-refractivity contribution in [3.05, 3.63) is 18.0 Å². The Morgan fingerprint density at radius 1 is 1.56 bits per heavy atom. The molecule has 4 heteroatoms. The third kappa shape index (κ3) is 4.77. The van der Waals surface area contributed by atoms with Crippen LogP contribution in [0.15, 0.2) is 12.3 Å². The van der Waals surface area contributed by atoms with E-state index in [0.29, 0.717) is 19.0 Å². The van der Waals surface area contributed by atoms with E-state index < -0.39 is 5.60 Å². The van der Waals surface area contributed by atoms with Crippen LogP contribution in [0.25, 0.3) is 0 Å². The summed E-state index contributed by atoms with van der Waals surface area (Å²) >= 11 is 0. The Labute approximate surface area is 97.7 Å². The van der Waals surface area contributed by atoms with Gasteiger partial charge in [-0.3, -0.25) is 4.68 Å². The highest BCUT2D eigenvalue weighted by Crippen LogP contribution is 2.15. The molecule has 0 saturated heterocycles. The molecule has 0 aliphatic carbocycles. The highest BCUT2D eigenvalue weighted by Gasteiger charge is 2.21. The number of nitrogens with zero attached hydrogens (tertiary/aromatic N) is 2. The van der Waals surface area contributed by atoms with Crippen LogP contribution in [-0.4, -0.2) is 27.0 Å². The van der Waals surface area contributed by atoms with Gasteiger partial charge in [-0.2, -0.15) is 5.10 Å². The summed E-state index contributed by atoms with van der Waals surface area (Å²) in [5, 5.41) is 17.6. The van der Waals surface area contributed by atoms with Crippen molar-refractivity contribution in [1.29, 1.82) is 0 Å². The summed E-state index contributed by atoms with van der Waals surface area (Å²) in [5.41, 5.74) is 0.367. The molecular weight excluding hydrogens is 202 g/mol. The van der Waals surface area contributed by atoms with Crippen LogP contribution < -0.4 is 5.32 Å². The number of aryl methyl sites for hydroxylation is 1. The molecule has 0 radical (unpaired) electrons. The Kier molecular flexibility index (Phi) is 4.50. The van der Waals surface area contributed by atoms with Crippen LogP contribution in [0.1, 0.15) is 32.9 Å². The Morgan fingerprint density at radius 2 is 2.25 bits per heavy atom. The van der Waals surface area contributed by atoms with Crippen LogP contribution in [0.5, 0.6) is 0 Å². The van der Waals surface area contributed by atoms with Crippen molar-refractivity contribution in [2.24, 2.45) is 13.0 Å². The second-order valence-corrected chi connectivity index (χ2v) is 5.18. The lowest BCUT2D eigenvalue weighted by Crippen LogP contribution is -2.38. The average Bonchev–Trinajstić information content (AvgIpc) is 2.48. The van der Waals surface area contributed by atoms with E-state index in [2.05, 4.69) is 24.3 Å². The summed E-state index contributed by atoms with van der Waals surface area (Å²) < 4.78 is 1.78. The first kappa shape index (κ1) is 13.2. The molecule has 1 unspecified atom stereocenters. The first-order valence-electron chi connectivity index (χ1n) is 5.81. The van der Waals surface area contributed by atoms with E-state index in [-0.39, 0.29) is 0 Å². The first-order valence-corrected chi connectivity index (χ1v) is 5.81. The zero-order valence-electron chi connectivity index (χ0n) is 10.7. The van der Waals surface area contributed by atoms with Crippen molar-refractivity contribution in [3.8, 4) is 0 Å². The fourth-order valence-electron chi connectivity index (χ4n) is 1.97. The van der Waals surface area contributed by atoms with Gasteiger partial charge >= 0.3 is 0 Å². The molecule has 1 heterocycles. The van der Waals surface area contributed by atoms with E-state index in [9.17, 15) is 5.11 Å². The van der Waals surface area contributed by atoms with Crippen molar-refractivity contribution in [1.82, 2.24) is 15.1 Å². The van der Waals surface area contributed by atoms with Crippen LogP contribution in [0.2, 0.25) is 0 Å². The molecule has 0 fully saturated rings. The van der Waals surface area contributed by atoms with E-state index >= 15 is 0 Å². The molecule has 0 spiro atoms. The van der Waals surface area contributed by atoms with Gasteiger partial charge in [-0.25, -0.2) is 0 Å². The van der Waals surface area contributed by atoms with Gasteiger partial charge in [0.1, 0.15) is 0 Å². The number of aliphatic hydroxyl groups is 1. The maximum Gasteiger partial charge on any atom is 0.0762 e. The maximum absolute atomic E-state index is 10.1. The lowest BCUT2D eigenvalue weighted by Gasteiger charge is -2.25. The topological polar surface area (TPSA) is 50.1 Å². The highest BCUT2D eigenvalue weighted by molar-refractivity contribution is 4.98. The maximum atomic E-state index is 10.1. The van der Waals surface area contributed by atoms with Gasteiger partial charge < -0.3 is 10.4 Å². The third-order valence-electron chi connectivity index (χ3n) is 2.43. The Balaban J connectivity index is 2.29. The minimum absolute atomic E-state index is 0.506. The van der Waals surface area contributed by atoms with Crippen molar-refractivity contribution >= 4 is 0 Å². The van der Waals surface area contributed by atoms with E-state index in [1.54, 1.807) is 4.68 Å². The van der Waals surface area contributed by atoms with Crippen molar-refractivity contribution in [3.63, 3.8) is 0 Å². The number of nitrogens with one attached hydrogen (secondary N) is 1. The van der Waals surface area contributed by atoms with Gasteiger partial charge in [0, 0.05) is 26.3 Å². The molecule has 1 rings (SSSR count). The molecule has 2 N–H and O–H groups in total. The van der Waals surface area contributed by atoms with E-state index in [4.69, 9.17) is 0 Å². The smallest absolute Gasteiger partial charge is 0.0762 e. The summed E-state index contributed by atoms with van der Waals surface area (Å²) in [6.45, 7) is 7.41. The van der Waals surface area contributed by atoms with Crippen LogP contribution in [0.4, 0.5) is 0 Å². The molecule has 4 nitrogen and oxygen atoms in total. The fourth-order valence-corrected chi connectivity index (χ4v) is 1.97. The van der Waals surface area contributed by atoms with Gasteiger partial charge in [0.05, 0.1) is 11.3 Å². The number of hydrogen-bond donors (Lipinski definition) is 2. The number of hydrogen-bond acceptors (Lipinski definition) is 3. The molecule has 92 valence electrons. The molecule has 0 aliphatic rings.